The highest BCUT2D eigenvalue weighted by molar-refractivity contribution is 5.38. The van der Waals surface area contributed by atoms with Gasteiger partial charge in [0.15, 0.2) is 0 Å². The average Bonchev–Trinajstić information content (AvgIpc) is 2.42. The van der Waals surface area contributed by atoms with Crippen LogP contribution in [0.3, 0.4) is 0 Å². The van der Waals surface area contributed by atoms with Gasteiger partial charge in [-0.2, -0.15) is 0 Å². The van der Waals surface area contributed by atoms with Gasteiger partial charge in [0.1, 0.15) is 11.4 Å². The van der Waals surface area contributed by atoms with Gasteiger partial charge in [0, 0.05) is 12.0 Å². The van der Waals surface area contributed by atoms with Crippen LogP contribution in [-0.4, -0.2) is 10.7 Å². The largest absolute Gasteiger partial charge is 0.487 e. The molecule has 1 spiro atoms. The van der Waals surface area contributed by atoms with Crippen molar-refractivity contribution in [1.82, 2.24) is 0 Å². The van der Waals surface area contributed by atoms with Crippen LogP contribution in [0.2, 0.25) is 0 Å². The van der Waals surface area contributed by atoms with Gasteiger partial charge in [-0.25, -0.2) is 0 Å². The minimum absolute atomic E-state index is 0.0992. The third-order valence-corrected chi connectivity index (χ3v) is 4.88. The SMILES string of the molecule is CCCC1CCC2(CC1)C[C@H](O)c1ccccc1O2. The van der Waals surface area contributed by atoms with E-state index in [2.05, 4.69) is 6.92 Å². The zero-order valence-corrected chi connectivity index (χ0v) is 11.8. The van der Waals surface area contributed by atoms with Crippen LogP contribution in [0.4, 0.5) is 0 Å². The lowest BCUT2D eigenvalue weighted by Gasteiger charge is -2.45. The summed E-state index contributed by atoms with van der Waals surface area (Å²) in [5.74, 6) is 1.77. The quantitative estimate of drug-likeness (QED) is 0.862. The summed E-state index contributed by atoms with van der Waals surface area (Å²) >= 11 is 0. The number of aliphatic hydroxyl groups is 1. The van der Waals surface area contributed by atoms with Gasteiger partial charge in [-0.3, -0.25) is 0 Å². The Morgan fingerprint density at radius 3 is 2.74 bits per heavy atom. The van der Waals surface area contributed by atoms with E-state index in [0.29, 0.717) is 0 Å². The molecular weight excluding hydrogens is 236 g/mol. The second-order valence-corrected chi connectivity index (χ2v) is 6.27. The van der Waals surface area contributed by atoms with E-state index in [1.807, 2.05) is 24.3 Å². The highest BCUT2D eigenvalue weighted by Gasteiger charge is 2.42. The number of fused-ring (bicyclic) bond motifs is 1. The number of hydrogen-bond donors (Lipinski definition) is 1. The van der Waals surface area contributed by atoms with E-state index in [4.69, 9.17) is 4.74 Å². The molecule has 1 fully saturated rings. The van der Waals surface area contributed by atoms with Crippen LogP contribution in [0, 0.1) is 5.92 Å². The molecule has 1 heterocycles. The van der Waals surface area contributed by atoms with E-state index in [1.54, 1.807) is 0 Å². The maximum absolute atomic E-state index is 10.4. The van der Waals surface area contributed by atoms with Gasteiger partial charge in [-0.15, -0.1) is 0 Å². The fourth-order valence-corrected chi connectivity index (χ4v) is 3.79. The molecule has 1 aliphatic carbocycles. The van der Waals surface area contributed by atoms with Crippen LogP contribution in [0.1, 0.15) is 63.5 Å². The minimum atomic E-state index is -0.354. The molecule has 0 radical (unpaired) electrons. The molecule has 2 heteroatoms. The average molecular weight is 260 g/mol. The van der Waals surface area contributed by atoms with Crippen molar-refractivity contribution in [3.8, 4) is 5.75 Å². The van der Waals surface area contributed by atoms with Crippen LogP contribution in [0.5, 0.6) is 5.75 Å². The van der Waals surface area contributed by atoms with E-state index in [1.165, 1.54) is 25.7 Å². The van der Waals surface area contributed by atoms with Crippen LogP contribution in [0.25, 0.3) is 0 Å². The van der Waals surface area contributed by atoms with Crippen molar-refractivity contribution in [3.05, 3.63) is 29.8 Å². The van der Waals surface area contributed by atoms with Crippen molar-refractivity contribution in [1.29, 1.82) is 0 Å². The molecule has 0 aromatic heterocycles. The summed E-state index contributed by atoms with van der Waals surface area (Å²) in [6.07, 6.45) is 7.74. The number of rotatable bonds is 2. The molecule has 1 atom stereocenters. The molecule has 3 rings (SSSR count). The maximum Gasteiger partial charge on any atom is 0.125 e. The summed E-state index contributed by atoms with van der Waals surface area (Å²) in [6, 6.07) is 7.95. The molecule has 1 aromatic rings. The third-order valence-electron chi connectivity index (χ3n) is 4.88. The molecule has 0 bridgehead atoms. The van der Waals surface area contributed by atoms with E-state index in [9.17, 15) is 5.11 Å². The Bertz CT molecular complexity index is 433. The summed E-state index contributed by atoms with van der Waals surface area (Å²) in [7, 11) is 0. The first-order chi connectivity index (χ1) is 9.22. The maximum atomic E-state index is 10.4. The second-order valence-electron chi connectivity index (χ2n) is 6.27. The second kappa shape index (κ2) is 5.16. The molecule has 1 aliphatic heterocycles. The predicted octanol–water partition coefficient (Wildman–Crippen LogP) is 4.23. The van der Waals surface area contributed by atoms with Crippen LogP contribution in [0.15, 0.2) is 24.3 Å². The molecule has 0 amide bonds. The highest BCUT2D eigenvalue weighted by atomic mass is 16.5. The van der Waals surface area contributed by atoms with Gasteiger partial charge in [0.05, 0.1) is 6.10 Å². The Balaban J connectivity index is 1.74. The summed E-state index contributed by atoms with van der Waals surface area (Å²) < 4.78 is 6.30. The summed E-state index contributed by atoms with van der Waals surface area (Å²) in [5, 5.41) is 10.4. The van der Waals surface area contributed by atoms with Gasteiger partial charge >= 0.3 is 0 Å². The van der Waals surface area contributed by atoms with E-state index in [0.717, 1.165) is 36.5 Å². The smallest absolute Gasteiger partial charge is 0.125 e. The minimum Gasteiger partial charge on any atom is -0.487 e. The van der Waals surface area contributed by atoms with Gasteiger partial charge in [0.25, 0.3) is 0 Å². The third kappa shape index (κ3) is 2.51. The van der Waals surface area contributed by atoms with E-state index < -0.39 is 0 Å². The van der Waals surface area contributed by atoms with E-state index >= 15 is 0 Å². The first-order valence-electron chi connectivity index (χ1n) is 7.68. The molecular formula is C17H24O2. The predicted molar refractivity (Wildman–Crippen MR) is 76.2 cm³/mol. The van der Waals surface area contributed by atoms with Gasteiger partial charge in [-0.1, -0.05) is 38.0 Å². The lowest BCUT2D eigenvalue weighted by atomic mass is 9.73. The van der Waals surface area contributed by atoms with Crippen molar-refractivity contribution in [2.75, 3.05) is 0 Å². The molecule has 0 saturated heterocycles. The normalized spacial score (nSPS) is 33.8. The molecule has 1 saturated carbocycles. The zero-order valence-electron chi connectivity index (χ0n) is 11.8. The molecule has 2 nitrogen and oxygen atoms in total. The number of aliphatic hydroxyl groups excluding tert-OH is 1. The van der Waals surface area contributed by atoms with Crippen LogP contribution in [-0.2, 0) is 0 Å². The van der Waals surface area contributed by atoms with Gasteiger partial charge in [0.2, 0.25) is 0 Å². The fourth-order valence-electron chi connectivity index (χ4n) is 3.79. The van der Waals surface area contributed by atoms with Crippen molar-refractivity contribution in [3.63, 3.8) is 0 Å². The number of benzene rings is 1. The van der Waals surface area contributed by atoms with Crippen LogP contribution < -0.4 is 4.74 Å². The zero-order chi connectivity index (χ0) is 13.3. The number of hydrogen-bond acceptors (Lipinski definition) is 2. The van der Waals surface area contributed by atoms with Gasteiger partial charge < -0.3 is 9.84 Å². The Labute approximate surface area is 115 Å². The lowest BCUT2D eigenvalue weighted by Crippen LogP contribution is -2.44. The first-order valence-corrected chi connectivity index (χ1v) is 7.68. The topological polar surface area (TPSA) is 29.5 Å². The van der Waals surface area contributed by atoms with Crippen LogP contribution >= 0.6 is 0 Å². The Morgan fingerprint density at radius 1 is 1.26 bits per heavy atom. The molecule has 0 unspecified atom stereocenters. The first kappa shape index (κ1) is 13.0. The molecule has 104 valence electrons. The molecule has 1 N–H and O–H groups in total. The summed E-state index contributed by atoms with van der Waals surface area (Å²) in [4.78, 5) is 0. The Hall–Kier alpha value is -1.02. The lowest BCUT2D eigenvalue weighted by molar-refractivity contribution is -0.0474. The molecule has 2 aliphatic rings. The van der Waals surface area contributed by atoms with Gasteiger partial charge in [-0.05, 0) is 37.7 Å². The molecule has 1 aromatic carbocycles. The van der Waals surface area contributed by atoms with Crippen molar-refractivity contribution >= 4 is 0 Å². The number of para-hydroxylation sites is 1. The summed E-state index contributed by atoms with van der Waals surface area (Å²) in [5.41, 5.74) is 0.863. The number of ether oxygens (including phenoxy) is 1. The monoisotopic (exact) mass is 260 g/mol. The highest BCUT2D eigenvalue weighted by Crippen LogP contribution is 2.47. The Kier molecular flexibility index (Phi) is 3.53. The Morgan fingerprint density at radius 2 is 2.00 bits per heavy atom. The summed E-state index contributed by atoms with van der Waals surface area (Å²) in [6.45, 7) is 2.27. The fraction of sp³-hybridized carbons (Fsp3) is 0.647. The standard InChI is InChI=1S/C17H24O2/c1-2-5-13-8-10-17(11-9-13)12-15(18)14-6-3-4-7-16(14)19-17/h3-4,6-7,13,15,18H,2,5,8-12H2,1H3/t13?,15-,17?/m0/s1. The van der Waals surface area contributed by atoms with Crippen molar-refractivity contribution < 1.29 is 9.84 Å². The van der Waals surface area contributed by atoms with Crippen molar-refractivity contribution in [2.24, 2.45) is 5.92 Å². The van der Waals surface area contributed by atoms with Crippen molar-refractivity contribution in [2.45, 2.75) is 63.6 Å². The molecule has 19 heavy (non-hydrogen) atoms. The van der Waals surface area contributed by atoms with E-state index in [-0.39, 0.29) is 11.7 Å².